The van der Waals surface area contributed by atoms with E-state index >= 15 is 0 Å². The maximum absolute atomic E-state index is 12.5. The molecule has 0 aliphatic carbocycles. The van der Waals surface area contributed by atoms with Crippen LogP contribution < -0.4 is 5.73 Å². The van der Waals surface area contributed by atoms with Crippen LogP contribution in [0.5, 0.6) is 0 Å². The molecule has 0 amide bonds. The van der Waals surface area contributed by atoms with Gasteiger partial charge in [-0.05, 0) is 29.4 Å². The van der Waals surface area contributed by atoms with Crippen molar-refractivity contribution in [3.63, 3.8) is 0 Å². The third-order valence-corrected chi connectivity index (χ3v) is 5.79. The molecule has 0 aromatic carbocycles. The van der Waals surface area contributed by atoms with Gasteiger partial charge in [0, 0.05) is 25.8 Å². The molecular weight excluding hydrogens is 274 g/mol. The predicted octanol–water partition coefficient (Wildman–Crippen LogP) is 1.60. The molecule has 1 unspecified atom stereocenters. The highest BCUT2D eigenvalue weighted by Gasteiger charge is 2.38. The average molecular weight is 297 g/mol. The third kappa shape index (κ3) is 3.02. The fourth-order valence-corrected chi connectivity index (χ4v) is 3.88. The number of hydrogen-bond acceptors (Lipinski definition) is 4. The smallest absolute Gasteiger partial charge is 0.260 e. The molecule has 2 heterocycles. The lowest BCUT2D eigenvalue weighted by atomic mass is 9.80. The molecule has 0 spiro atoms. The highest BCUT2D eigenvalue weighted by atomic mass is 32.2. The number of sulfonamides is 1. The second-order valence-corrected chi connectivity index (χ2v) is 8.31. The average Bonchev–Trinajstić information content (AvgIpc) is 2.89. The molecular formula is C14H23N3O2S. The van der Waals surface area contributed by atoms with Gasteiger partial charge in [-0.25, -0.2) is 13.4 Å². The molecule has 0 saturated carbocycles. The Hall–Kier alpha value is -0.980. The van der Waals surface area contributed by atoms with E-state index in [1.165, 1.54) is 6.20 Å². The van der Waals surface area contributed by atoms with Crippen LogP contribution in [0.3, 0.4) is 0 Å². The van der Waals surface area contributed by atoms with Crippen molar-refractivity contribution in [1.29, 1.82) is 0 Å². The lowest BCUT2D eigenvalue weighted by Crippen LogP contribution is -2.31. The quantitative estimate of drug-likeness (QED) is 0.919. The Morgan fingerprint density at radius 3 is 2.55 bits per heavy atom. The van der Waals surface area contributed by atoms with E-state index in [9.17, 15) is 8.42 Å². The number of rotatable bonds is 3. The minimum atomic E-state index is -3.48. The van der Waals surface area contributed by atoms with E-state index in [1.54, 1.807) is 16.4 Å². The topological polar surface area (TPSA) is 76.3 Å². The molecule has 0 bridgehead atoms. The molecule has 2 rings (SSSR count). The second kappa shape index (κ2) is 5.42. The van der Waals surface area contributed by atoms with Crippen LogP contribution in [0.1, 0.15) is 32.8 Å². The third-order valence-electron chi connectivity index (χ3n) is 4.01. The number of hydrogen-bond donors (Lipinski definition) is 1. The number of pyridine rings is 1. The predicted molar refractivity (Wildman–Crippen MR) is 78.4 cm³/mol. The lowest BCUT2D eigenvalue weighted by Gasteiger charge is -2.26. The standard InChI is InChI=1S/C14H23N3O2S/c1-14(2,3)12-6-7-17(10-12)20(18,19)13-5-4-11(8-15)9-16-13/h4-5,9,12H,6-8,10,15H2,1-3H3. The zero-order valence-electron chi connectivity index (χ0n) is 12.3. The molecule has 2 N–H and O–H groups in total. The first-order chi connectivity index (χ1) is 9.25. The van der Waals surface area contributed by atoms with E-state index in [2.05, 4.69) is 25.8 Å². The van der Waals surface area contributed by atoms with Gasteiger partial charge in [-0.15, -0.1) is 0 Å². The molecule has 1 atom stereocenters. The molecule has 1 aromatic heterocycles. The SMILES string of the molecule is CC(C)(C)C1CCN(S(=O)(=O)c2ccc(CN)cn2)C1. The van der Waals surface area contributed by atoms with Crippen LogP contribution in [-0.4, -0.2) is 30.8 Å². The van der Waals surface area contributed by atoms with E-state index < -0.39 is 10.0 Å². The summed E-state index contributed by atoms with van der Waals surface area (Å²) in [5, 5.41) is 0.115. The zero-order chi connectivity index (χ0) is 15.0. The van der Waals surface area contributed by atoms with Gasteiger partial charge in [0.05, 0.1) is 0 Å². The van der Waals surface area contributed by atoms with Crippen LogP contribution >= 0.6 is 0 Å². The van der Waals surface area contributed by atoms with E-state index in [0.29, 0.717) is 25.6 Å². The Balaban J connectivity index is 2.19. The van der Waals surface area contributed by atoms with Crippen LogP contribution in [0.4, 0.5) is 0 Å². The summed E-state index contributed by atoms with van der Waals surface area (Å²) in [6.07, 6.45) is 2.44. The van der Waals surface area contributed by atoms with Crippen LogP contribution in [0.15, 0.2) is 23.4 Å². The van der Waals surface area contributed by atoms with Crippen molar-refractivity contribution in [2.45, 2.75) is 38.8 Å². The monoisotopic (exact) mass is 297 g/mol. The van der Waals surface area contributed by atoms with E-state index in [-0.39, 0.29) is 10.4 Å². The van der Waals surface area contributed by atoms with Gasteiger partial charge in [0.1, 0.15) is 0 Å². The minimum Gasteiger partial charge on any atom is -0.326 e. The first kappa shape index (κ1) is 15.4. The normalized spacial score (nSPS) is 21.3. The molecule has 112 valence electrons. The highest BCUT2D eigenvalue weighted by molar-refractivity contribution is 7.89. The Kier molecular flexibility index (Phi) is 4.18. The van der Waals surface area contributed by atoms with Crippen LogP contribution in [-0.2, 0) is 16.6 Å². The summed E-state index contributed by atoms with van der Waals surface area (Å²) in [5.74, 6) is 0.389. The molecule has 0 radical (unpaired) electrons. The van der Waals surface area contributed by atoms with Crippen molar-refractivity contribution in [1.82, 2.24) is 9.29 Å². The Morgan fingerprint density at radius 2 is 2.10 bits per heavy atom. The lowest BCUT2D eigenvalue weighted by molar-refractivity contribution is 0.252. The van der Waals surface area contributed by atoms with E-state index in [4.69, 9.17) is 5.73 Å². The molecule has 20 heavy (non-hydrogen) atoms. The van der Waals surface area contributed by atoms with Gasteiger partial charge in [-0.2, -0.15) is 4.31 Å². The number of aromatic nitrogens is 1. The summed E-state index contributed by atoms with van der Waals surface area (Å²) in [5.41, 5.74) is 6.45. The van der Waals surface area contributed by atoms with Gasteiger partial charge >= 0.3 is 0 Å². The molecule has 6 heteroatoms. The zero-order valence-corrected chi connectivity index (χ0v) is 13.2. The molecule has 1 aromatic rings. The second-order valence-electron chi connectivity index (χ2n) is 6.42. The largest absolute Gasteiger partial charge is 0.326 e. The van der Waals surface area contributed by atoms with E-state index in [0.717, 1.165) is 12.0 Å². The van der Waals surface area contributed by atoms with Crippen LogP contribution in [0.25, 0.3) is 0 Å². The van der Waals surface area contributed by atoms with Crippen molar-refractivity contribution < 1.29 is 8.42 Å². The fourth-order valence-electron chi connectivity index (χ4n) is 2.47. The summed E-state index contributed by atoms with van der Waals surface area (Å²) in [6, 6.07) is 3.26. The van der Waals surface area contributed by atoms with Gasteiger partial charge < -0.3 is 5.73 Å². The van der Waals surface area contributed by atoms with Crippen molar-refractivity contribution in [2.75, 3.05) is 13.1 Å². The summed E-state index contributed by atoms with van der Waals surface area (Å²) >= 11 is 0. The molecule has 1 aliphatic rings. The van der Waals surface area contributed by atoms with Crippen molar-refractivity contribution in [2.24, 2.45) is 17.1 Å². The summed E-state index contributed by atoms with van der Waals surface area (Å²) < 4.78 is 26.6. The summed E-state index contributed by atoms with van der Waals surface area (Å²) in [6.45, 7) is 7.98. The van der Waals surface area contributed by atoms with Gasteiger partial charge in [-0.3, -0.25) is 0 Å². The highest BCUT2D eigenvalue weighted by Crippen LogP contribution is 2.35. The van der Waals surface area contributed by atoms with Gasteiger partial charge in [0.25, 0.3) is 10.0 Å². The Morgan fingerprint density at radius 1 is 1.40 bits per heavy atom. The maximum atomic E-state index is 12.5. The van der Waals surface area contributed by atoms with Crippen molar-refractivity contribution >= 4 is 10.0 Å². The number of nitrogens with two attached hydrogens (primary N) is 1. The molecule has 5 nitrogen and oxygen atoms in total. The Bertz CT molecular complexity index is 561. The molecule has 1 fully saturated rings. The van der Waals surface area contributed by atoms with Crippen molar-refractivity contribution in [3.8, 4) is 0 Å². The van der Waals surface area contributed by atoms with E-state index in [1.807, 2.05) is 0 Å². The number of nitrogens with zero attached hydrogens (tertiary/aromatic N) is 2. The molecule has 1 aliphatic heterocycles. The summed E-state index contributed by atoms with van der Waals surface area (Å²) in [7, 11) is -3.48. The minimum absolute atomic E-state index is 0.115. The van der Waals surface area contributed by atoms with Crippen LogP contribution in [0.2, 0.25) is 0 Å². The maximum Gasteiger partial charge on any atom is 0.260 e. The van der Waals surface area contributed by atoms with Crippen molar-refractivity contribution in [3.05, 3.63) is 23.9 Å². The Labute approximate surface area is 121 Å². The van der Waals surface area contributed by atoms with Crippen LogP contribution in [0, 0.1) is 11.3 Å². The summed E-state index contributed by atoms with van der Waals surface area (Å²) in [4.78, 5) is 4.04. The molecule has 1 saturated heterocycles. The first-order valence-electron chi connectivity index (χ1n) is 6.90. The first-order valence-corrected chi connectivity index (χ1v) is 8.34. The van der Waals surface area contributed by atoms with Gasteiger partial charge in [0.15, 0.2) is 5.03 Å². The van der Waals surface area contributed by atoms with Gasteiger partial charge in [0.2, 0.25) is 0 Å². The fraction of sp³-hybridized carbons (Fsp3) is 0.643. The van der Waals surface area contributed by atoms with Gasteiger partial charge in [-0.1, -0.05) is 26.8 Å².